The Hall–Kier alpha value is -1.08. The Morgan fingerprint density at radius 3 is 2.46 bits per heavy atom. The Bertz CT molecular complexity index is 578. The second-order valence-corrected chi connectivity index (χ2v) is 6.58. The van der Waals surface area contributed by atoms with E-state index in [4.69, 9.17) is 4.74 Å². The minimum Gasteiger partial charge on any atom is -0.496 e. The fourth-order valence-corrected chi connectivity index (χ4v) is 3.57. The summed E-state index contributed by atoms with van der Waals surface area (Å²) in [5.74, 6) is 0.954. The summed E-state index contributed by atoms with van der Waals surface area (Å²) < 4.78 is 18.8. The summed E-state index contributed by atoms with van der Waals surface area (Å²) in [4.78, 5) is 16.8. The molecule has 0 bridgehead atoms. The molecule has 0 radical (unpaired) electrons. The zero-order chi connectivity index (χ0) is 16.9. The number of nitrogens with zero attached hydrogens (tertiary/aromatic N) is 2. The van der Waals surface area contributed by atoms with E-state index in [1.54, 1.807) is 13.2 Å². The minimum absolute atomic E-state index is 0. The van der Waals surface area contributed by atoms with Crippen LogP contribution in [0.15, 0.2) is 18.2 Å². The average Bonchev–Trinajstić information content (AvgIpc) is 2.63. The van der Waals surface area contributed by atoms with Crippen molar-refractivity contribution in [3.63, 3.8) is 0 Å². The monoisotopic (exact) mass is 407 g/mol. The molecule has 2 heterocycles. The van der Waals surface area contributed by atoms with E-state index in [-0.39, 0.29) is 36.5 Å². The van der Waals surface area contributed by atoms with Gasteiger partial charge in [-0.1, -0.05) is 0 Å². The van der Waals surface area contributed by atoms with Crippen molar-refractivity contribution < 1.29 is 13.9 Å². The lowest BCUT2D eigenvalue weighted by molar-refractivity contribution is -0.138. The van der Waals surface area contributed by atoms with Gasteiger partial charge in [0.05, 0.1) is 7.11 Å². The van der Waals surface area contributed by atoms with Crippen molar-refractivity contribution in [3.05, 3.63) is 29.6 Å². The molecular formula is C18H28Cl2FN3O2. The molecule has 0 spiro atoms. The van der Waals surface area contributed by atoms with Gasteiger partial charge in [-0.3, -0.25) is 9.69 Å². The van der Waals surface area contributed by atoms with Crippen LogP contribution in [0.2, 0.25) is 0 Å². The van der Waals surface area contributed by atoms with E-state index in [0.29, 0.717) is 18.2 Å². The fraction of sp³-hybridized carbons (Fsp3) is 0.611. The number of benzene rings is 1. The molecule has 1 aromatic carbocycles. The molecule has 2 saturated heterocycles. The molecule has 0 aliphatic carbocycles. The van der Waals surface area contributed by atoms with E-state index in [1.165, 1.54) is 12.1 Å². The summed E-state index contributed by atoms with van der Waals surface area (Å²) in [6.45, 7) is 5.66. The molecule has 1 N–H and O–H groups in total. The molecule has 0 saturated carbocycles. The standard InChI is InChI=1S/C18H26FN3O2.2ClH/c1-24-17-3-2-16(19)12-15(17)13-21-8-10-22(11-9-21)18(23)14-4-6-20-7-5-14;;/h2-3,12,14,20H,4-11,13H2,1H3;2*1H. The molecule has 2 aliphatic rings. The summed E-state index contributed by atoms with van der Waals surface area (Å²) >= 11 is 0. The van der Waals surface area contributed by atoms with Gasteiger partial charge in [0.2, 0.25) is 5.91 Å². The molecule has 2 fully saturated rings. The first-order chi connectivity index (χ1) is 11.7. The number of piperidine rings is 1. The maximum absolute atomic E-state index is 13.5. The highest BCUT2D eigenvalue weighted by molar-refractivity contribution is 5.85. The molecule has 0 aromatic heterocycles. The molecule has 1 aromatic rings. The Kier molecular flexibility index (Phi) is 9.64. The van der Waals surface area contributed by atoms with Crippen LogP contribution < -0.4 is 10.1 Å². The number of rotatable bonds is 4. The van der Waals surface area contributed by atoms with Crippen molar-refractivity contribution >= 4 is 30.7 Å². The second kappa shape index (κ2) is 10.9. The Labute approximate surface area is 167 Å². The van der Waals surface area contributed by atoms with Crippen LogP contribution in [0.25, 0.3) is 0 Å². The highest BCUT2D eigenvalue weighted by Crippen LogP contribution is 2.22. The topological polar surface area (TPSA) is 44.8 Å². The Morgan fingerprint density at radius 2 is 1.85 bits per heavy atom. The number of hydrogen-bond acceptors (Lipinski definition) is 4. The van der Waals surface area contributed by atoms with Gasteiger partial charge in [-0.15, -0.1) is 24.8 Å². The van der Waals surface area contributed by atoms with Crippen molar-refractivity contribution in [1.29, 1.82) is 0 Å². The van der Waals surface area contributed by atoms with Gasteiger partial charge in [0, 0.05) is 44.2 Å². The number of nitrogens with one attached hydrogen (secondary N) is 1. The van der Waals surface area contributed by atoms with Crippen LogP contribution in [-0.2, 0) is 11.3 Å². The average molecular weight is 408 g/mol. The summed E-state index contributed by atoms with van der Waals surface area (Å²) in [6, 6.07) is 4.62. The van der Waals surface area contributed by atoms with Gasteiger partial charge < -0.3 is 15.0 Å². The van der Waals surface area contributed by atoms with Gasteiger partial charge in [0.1, 0.15) is 11.6 Å². The number of ether oxygens (including phenoxy) is 1. The maximum atomic E-state index is 13.5. The number of carbonyl (C=O) groups excluding carboxylic acids is 1. The Morgan fingerprint density at radius 1 is 1.19 bits per heavy atom. The molecule has 0 unspecified atom stereocenters. The van der Waals surface area contributed by atoms with Gasteiger partial charge in [0.25, 0.3) is 0 Å². The first kappa shape index (κ1) is 23.0. The van der Waals surface area contributed by atoms with Crippen molar-refractivity contribution in [1.82, 2.24) is 15.1 Å². The third-order valence-electron chi connectivity index (χ3n) is 5.01. The molecule has 1 amide bonds. The fourth-order valence-electron chi connectivity index (χ4n) is 3.57. The van der Waals surface area contributed by atoms with Crippen LogP contribution in [0.3, 0.4) is 0 Å². The van der Waals surface area contributed by atoms with Crippen molar-refractivity contribution in [3.8, 4) is 5.75 Å². The van der Waals surface area contributed by atoms with E-state index in [1.807, 2.05) is 4.90 Å². The lowest BCUT2D eigenvalue weighted by Crippen LogP contribution is -2.51. The smallest absolute Gasteiger partial charge is 0.225 e. The third kappa shape index (κ3) is 5.71. The van der Waals surface area contributed by atoms with Crippen LogP contribution in [0.5, 0.6) is 5.75 Å². The van der Waals surface area contributed by atoms with Crippen LogP contribution in [0.1, 0.15) is 18.4 Å². The third-order valence-corrected chi connectivity index (χ3v) is 5.01. The zero-order valence-electron chi connectivity index (χ0n) is 15.1. The largest absolute Gasteiger partial charge is 0.496 e. The van der Waals surface area contributed by atoms with Crippen molar-refractivity contribution in [2.24, 2.45) is 5.92 Å². The second-order valence-electron chi connectivity index (χ2n) is 6.58. The first-order valence-corrected chi connectivity index (χ1v) is 8.71. The first-order valence-electron chi connectivity index (χ1n) is 8.71. The van der Waals surface area contributed by atoms with E-state index in [9.17, 15) is 9.18 Å². The van der Waals surface area contributed by atoms with Gasteiger partial charge >= 0.3 is 0 Å². The summed E-state index contributed by atoms with van der Waals surface area (Å²) in [7, 11) is 1.60. The van der Waals surface area contributed by atoms with Crippen molar-refractivity contribution in [2.75, 3.05) is 46.4 Å². The highest BCUT2D eigenvalue weighted by atomic mass is 35.5. The molecule has 3 rings (SSSR count). The number of halogens is 3. The number of methoxy groups -OCH3 is 1. The number of hydrogen-bond donors (Lipinski definition) is 1. The van der Waals surface area contributed by atoms with Crippen LogP contribution in [0.4, 0.5) is 4.39 Å². The van der Waals surface area contributed by atoms with E-state index in [2.05, 4.69) is 10.2 Å². The van der Waals surface area contributed by atoms with Gasteiger partial charge in [-0.25, -0.2) is 4.39 Å². The van der Waals surface area contributed by atoms with Gasteiger partial charge in [-0.05, 0) is 44.1 Å². The molecule has 5 nitrogen and oxygen atoms in total. The predicted molar refractivity (Wildman–Crippen MR) is 105 cm³/mol. The molecule has 26 heavy (non-hydrogen) atoms. The van der Waals surface area contributed by atoms with E-state index in [0.717, 1.165) is 57.7 Å². The van der Waals surface area contributed by atoms with Crippen LogP contribution in [0, 0.1) is 11.7 Å². The summed E-state index contributed by atoms with van der Waals surface area (Å²) in [6.07, 6.45) is 1.89. The maximum Gasteiger partial charge on any atom is 0.225 e. The lowest BCUT2D eigenvalue weighted by atomic mass is 9.96. The summed E-state index contributed by atoms with van der Waals surface area (Å²) in [5, 5.41) is 3.30. The van der Waals surface area contributed by atoms with E-state index >= 15 is 0 Å². The lowest BCUT2D eigenvalue weighted by Gasteiger charge is -2.37. The molecule has 8 heteroatoms. The van der Waals surface area contributed by atoms with Crippen molar-refractivity contribution in [2.45, 2.75) is 19.4 Å². The predicted octanol–water partition coefficient (Wildman–Crippen LogP) is 2.32. The number of piperazine rings is 1. The molecule has 148 valence electrons. The van der Waals surface area contributed by atoms with Crippen LogP contribution in [-0.4, -0.2) is 62.1 Å². The minimum atomic E-state index is -0.245. The number of carbonyl (C=O) groups is 1. The molecule has 0 atom stereocenters. The van der Waals surface area contributed by atoms with Crippen LogP contribution >= 0.6 is 24.8 Å². The normalized spacial score (nSPS) is 18.6. The molecular weight excluding hydrogens is 380 g/mol. The van der Waals surface area contributed by atoms with Gasteiger partial charge in [0.15, 0.2) is 0 Å². The molecule has 2 aliphatic heterocycles. The highest BCUT2D eigenvalue weighted by Gasteiger charge is 2.28. The Balaban J connectivity index is 0.00000169. The van der Waals surface area contributed by atoms with E-state index < -0.39 is 0 Å². The quantitative estimate of drug-likeness (QED) is 0.831. The summed E-state index contributed by atoms with van der Waals surface area (Å²) in [5.41, 5.74) is 0.857. The SMILES string of the molecule is COc1ccc(F)cc1CN1CCN(C(=O)C2CCNCC2)CC1.Cl.Cl. The van der Waals surface area contributed by atoms with Gasteiger partial charge in [-0.2, -0.15) is 0 Å². The zero-order valence-corrected chi connectivity index (χ0v) is 16.7. The number of amides is 1.